The van der Waals surface area contributed by atoms with Gasteiger partial charge in [-0.3, -0.25) is 0 Å². The Bertz CT molecular complexity index is 295. The molecule has 0 saturated carbocycles. The Morgan fingerprint density at radius 1 is 1.36 bits per heavy atom. The topological polar surface area (TPSA) is 12.0 Å². The van der Waals surface area contributed by atoms with Crippen LogP contribution in [0, 0.1) is 11.6 Å². The first kappa shape index (κ1) is 11.1. The number of nitrogens with one attached hydrogen (secondary N) is 1. The number of hydrogen-bond donors (Lipinski definition) is 1. The summed E-state index contributed by atoms with van der Waals surface area (Å²) in [6.45, 7) is 2.03. The molecule has 0 heterocycles. The van der Waals surface area contributed by atoms with Crippen LogP contribution in [0.3, 0.4) is 0 Å². The molecule has 1 atom stereocenters. The van der Waals surface area contributed by atoms with Gasteiger partial charge in [0.1, 0.15) is 11.6 Å². The van der Waals surface area contributed by atoms with Crippen molar-refractivity contribution in [2.45, 2.75) is 25.8 Å². The lowest BCUT2D eigenvalue weighted by molar-refractivity contribution is 0.516. The van der Waals surface area contributed by atoms with Gasteiger partial charge in [-0.05, 0) is 31.5 Å². The molecule has 0 saturated heterocycles. The van der Waals surface area contributed by atoms with E-state index in [1.165, 1.54) is 12.1 Å². The van der Waals surface area contributed by atoms with Crippen molar-refractivity contribution in [3.8, 4) is 0 Å². The number of likely N-dealkylation sites (N-methyl/N-ethyl adjacent to an activating group) is 1. The van der Waals surface area contributed by atoms with E-state index in [-0.39, 0.29) is 6.04 Å². The zero-order chi connectivity index (χ0) is 10.6. The largest absolute Gasteiger partial charge is 0.317 e. The number of hydrogen-bond acceptors (Lipinski definition) is 1. The van der Waals surface area contributed by atoms with Crippen molar-refractivity contribution in [1.82, 2.24) is 5.32 Å². The molecular formula is C11H15F2N. The van der Waals surface area contributed by atoms with Crippen LogP contribution in [0.5, 0.6) is 0 Å². The van der Waals surface area contributed by atoms with Gasteiger partial charge in [0.25, 0.3) is 0 Å². The van der Waals surface area contributed by atoms with Crippen LogP contribution in [0.25, 0.3) is 0 Å². The Labute approximate surface area is 83.1 Å². The van der Waals surface area contributed by atoms with Gasteiger partial charge in [0.2, 0.25) is 0 Å². The molecule has 0 aliphatic carbocycles. The first-order chi connectivity index (χ1) is 6.67. The zero-order valence-electron chi connectivity index (χ0n) is 8.48. The highest BCUT2D eigenvalue weighted by molar-refractivity contribution is 5.19. The molecule has 0 spiro atoms. The van der Waals surface area contributed by atoms with Crippen molar-refractivity contribution in [3.63, 3.8) is 0 Å². The van der Waals surface area contributed by atoms with E-state index in [9.17, 15) is 8.78 Å². The maximum atomic E-state index is 13.2. The lowest BCUT2D eigenvalue weighted by Gasteiger charge is -2.13. The molecule has 0 radical (unpaired) electrons. The van der Waals surface area contributed by atoms with Gasteiger partial charge in [0.15, 0.2) is 0 Å². The van der Waals surface area contributed by atoms with Crippen molar-refractivity contribution in [1.29, 1.82) is 0 Å². The summed E-state index contributed by atoms with van der Waals surface area (Å²) >= 11 is 0. The lowest BCUT2D eigenvalue weighted by Crippen LogP contribution is -2.26. The van der Waals surface area contributed by atoms with Crippen molar-refractivity contribution in [2.24, 2.45) is 0 Å². The summed E-state index contributed by atoms with van der Waals surface area (Å²) in [6.07, 6.45) is 1.52. The average Bonchev–Trinajstić information content (AvgIpc) is 2.17. The van der Waals surface area contributed by atoms with Crippen molar-refractivity contribution < 1.29 is 8.78 Å². The number of rotatable bonds is 4. The van der Waals surface area contributed by atoms with Gasteiger partial charge in [-0.2, -0.15) is 0 Å². The Morgan fingerprint density at radius 2 is 2.07 bits per heavy atom. The predicted molar refractivity (Wildman–Crippen MR) is 53.2 cm³/mol. The average molecular weight is 199 g/mol. The third kappa shape index (κ3) is 2.77. The summed E-state index contributed by atoms with van der Waals surface area (Å²) in [7, 11) is 1.84. The maximum absolute atomic E-state index is 13.2. The summed E-state index contributed by atoms with van der Waals surface area (Å²) in [6, 6.07) is 3.97. The van der Waals surface area contributed by atoms with Crippen LogP contribution in [0.15, 0.2) is 18.2 Å². The van der Waals surface area contributed by atoms with E-state index in [0.29, 0.717) is 12.0 Å². The van der Waals surface area contributed by atoms with Crippen LogP contribution >= 0.6 is 0 Å². The highest BCUT2D eigenvalue weighted by Crippen LogP contribution is 2.12. The minimum absolute atomic E-state index is 0.245. The second-order valence-corrected chi connectivity index (χ2v) is 3.33. The van der Waals surface area contributed by atoms with Gasteiger partial charge in [-0.25, -0.2) is 8.78 Å². The van der Waals surface area contributed by atoms with E-state index in [2.05, 4.69) is 5.32 Å². The van der Waals surface area contributed by atoms with E-state index in [1.54, 1.807) is 0 Å². The lowest BCUT2D eigenvalue weighted by atomic mass is 10.0. The van der Waals surface area contributed by atoms with Crippen molar-refractivity contribution >= 4 is 0 Å². The minimum Gasteiger partial charge on any atom is -0.317 e. The summed E-state index contributed by atoms with van der Waals surface area (Å²) in [4.78, 5) is 0. The van der Waals surface area contributed by atoms with Crippen LogP contribution < -0.4 is 5.32 Å². The van der Waals surface area contributed by atoms with Crippen molar-refractivity contribution in [2.75, 3.05) is 7.05 Å². The smallest absolute Gasteiger partial charge is 0.129 e. The van der Waals surface area contributed by atoms with Crippen molar-refractivity contribution in [3.05, 3.63) is 35.4 Å². The summed E-state index contributed by atoms with van der Waals surface area (Å²) in [5, 5.41) is 3.08. The van der Waals surface area contributed by atoms with Gasteiger partial charge in [0.05, 0.1) is 0 Å². The second kappa shape index (κ2) is 5.05. The molecule has 3 heteroatoms. The summed E-state index contributed by atoms with van der Waals surface area (Å²) in [5.74, 6) is -0.984. The molecule has 0 amide bonds. The Hall–Kier alpha value is -0.960. The molecule has 1 nitrogen and oxygen atoms in total. The van der Waals surface area contributed by atoms with E-state index in [0.717, 1.165) is 12.5 Å². The molecule has 0 fully saturated rings. The quantitative estimate of drug-likeness (QED) is 0.785. The zero-order valence-corrected chi connectivity index (χ0v) is 8.48. The highest BCUT2D eigenvalue weighted by Gasteiger charge is 2.09. The fraction of sp³-hybridized carbons (Fsp3) is 0.455. The summed E-state index contributed by atoms with van der Waals surface area (Å²) in [5.41, 5.74) is 0.563. The van der Waals surface area contributed by atoms with Gasteiger partial charge < -0.3 is 5.32 Å². The van der Waals surface area contributed by atoms with Gasteiger partial charge in [-0.1, -0.05) is 13.0 Å². The van der Waals surface area contributed by atoms with Crippen LogP contribution in [0.1, 0.15) is 18.9 Å². The molecule has 1 aromatic rings. The normalized spacial score (nSPS) is 12.9. The second-order valence-electron chi connectivity index (χ2n) is 3.33. The van der Waals surface area contributed by atoms with E-state index < -0.39 is 11.6 Å². The first-order valence-corrected chi connectivity index (χ1v) is 4.78. The predicted octanol–water partition coefficient (Wildman–Crippen LogP) is 2.51. The molecule has 0 aliphatic rings. The number of benzene rings is 1. The molecule has 0 bridgehead atoms. The van der Waals surface area contributed by atoms with E-state index >= 15 is 0 Å². The minimum atomic E-state index is -0.524. The molecule has 14 heavy (non-hydrogen) atoms. The third-order valence-electron chi connectivity index (χ3n) is 2.38. The first-order valence-electron chi connectivity index (χ1n) is 4.78. The molecule has 0 aromatic heterocycles. The standard InChI is InChI=1S/C11H15F2N/c1-3-10(14-2)6-8-4-5-9(12)7-11(8)13/h4-5,7,10,14H,3,6H2,1-2H3. The van der Waals surface area contributed by atoms with Crippen LogP contribution in [-0.4, -0.2) is 13.1 Å². The Morgan fingerprint density at radius 3 is 2.57 bits per heavy atom. The van der Waals surface area contributed by atoms with Crippen LogP contribution in [0.4, 0.5) is 8.78 Å². The SMILES string of the molecule is CCC(Cc1ccc(F)cc1F)NC. The molecule has 0 aliphatic heterocycles. The third-order valence-corrected chi connectivity index (χ3v) is 2.38. The molecule has 1 aromatic carbocycles. The fourth-order valence-corrected chi connectivity index (χ4v) is 1.40. The molecule has 78 valence electrons. The van der Waals surface area contributed by atoms with Crippen LogP contribution in [-0.2, 0) is 6.42 Å². The Kier molecular flexibility index (Phi) is 4.01. The number of halogens is 2. The fourth-order valence-electron chi connectivity index (χ4n) is 1.40. The highest BCUT2D eigenvalue weighted by atomic mass is 19.1. The monoisotopic (exact) mass is 199 g/mol. The Balaban J connectivity index is 2.76. The molecule has 1 rings (SSSR count). The summed E-state index contributed by atoms with van der Waals surface area (Å²) < 4.78 is 25.8. The van der Waals surface area contributed by atoms with Gasteiger partial charge in [-0.15, -0.1) is 0 Å². The van der Waals surface area contributed by atoms with Gasteiger partial charge >= 0.3 is 0 Å². The van der Waals surface area contributed by atoms with Crippen LogP contribution in [0.2, 0.25) is 0 Å². The maximum Gasteiger partial charge on any atom is 0.129 e. The van der Waals surface area contributed by atoms with E-state index in [1.807, 2.05) is 14.0 Å². The molecule has 1 unspecified atom stereocenters. The van der Waals surface area contributed by atoms with Gasteiger partial charge in [0, 0.05) is 12.1 Å². The molecule has 1 N–H and O–H groups in total. The molecular weight excluding hydrogens is 184 g/mol. The van der Waals surface area contributed by atoms with E-state index in [4.69, 9.17) is 0 Å².